The summed E-state index contributed by atoms with van der Waals surface area (Å²) < 4.78 is 81.8. The SMILES string of the molecule is COC(=O)N[C@H]1[C@@H](C)O[C@H](O[C@H]2C/C=C(\C)[C@@H]3C=C[C@@H]4[C@@H](O[C@@H]5C[C@@H](O[C@@H]6CC[C@@H](O[C@@H]7C[C@H](O)[C@@H](O[C@@H]8CC[C@@H](O)[C@H](C)O8)[C@H](C)O7)[C@H](C)O6)[C@@H](OC(C)=O)[C@H](C)O5)[C@@H](C)C[C@@H](C)[C@H]4[C@]3(C)C(O)=C3C(=O)O[C@]4(CC(CO)=C[C@H](O)[C@H]4/C=C/2C)C3=O)C[C@@]1(C)[NH+]([O-])O. The molecule has 0 aromatic rings. The van der Waals surface area contributed by atoms with Gasteiger partial charge in [0.25, 0.3) is 0 Å². The van der Waals surface area contributed by atoms with Gasteiger partial charge in [0.1, 0.15) is 29.6 Å². The number of alkyl carbamates (subject to hydrolysis) is 1. The Hall–Kier alpha value is -4.30. The number of amides is 1. The van der Waals surface area contributed by atoms with Crippen LogP contribution in [0, 0.1) is 46.1 Å². The van der Waals surface area contributed by atoms with Crippen LogP contribution in [-0.2, 0) is 76.0 Å². The van der Waals surface area contributed by atoms with Gasteiger partial charge >= 0.3 is 18.0 Å². The van der Waals surface area contributed by atoms with E-state index in [4.69, 9.17) is 61.6 Å². The summed E-state index contributed by atoms with van der Waals surface area (Å²) in [7, 11) is 1.17. The molecule has 1 amide bonds. The second-order valence-electron chi connectivity index (χ2n) is 28.4. The number of esters is 2. The van der Waals surface area contributed by atoms with Crippen LogP contribution >= 0.6 is 0 Å². The number of aliphatic hydroxyl groups excluding tert-OH is 5. The number of fused-ring (bicyclic) bond motifs is 4. The Bertz CT molecular complexity index is 2870. The van der Waals surface area contributed by atoms with E-state index in [1.54, 1.807) is 33.8 Å². The summed E-state index contributed by atoms with van der Waals surface area (Å²) in [6.45, 7) is 20.8. The molecule has 10 aliphatic rings. The molecular formula is C67H100N2O24. The molecule has 1 unspecified atom stereocenters. The van der Waals surface area contributed by atoms with Crippen LogP contribution in [0.5, 0.6) is 0 Å². The van der Waals surface area contributed by atoms with Crippen LogP contribution in [0.3, 0.4) is 0 Å². The van der Waals surface area contributed by atoms with Gasteiger partial charge in [-0.05, 0) is 110 Å². The van der Waals surface area contributed by atoms with Gasteiger partial charge in [0.15, 0.2) is 48.7 Å². The van der Waals surface area contributed by atoms with Gasteiger partial charge in [-0.15, -0.1) is 0 Å². The van der Waals surface area contributed by atoms with E-state index in [0.717, 1.165) is 5.57 Å². The molecule has 0 radical (unpaired) electrons. The Labute approximate surface area is 543 Å². The van der Waals surface area contributed by atoms with Gasteiger partial charge in [0.2, 0.25) is 5.78 Å². The van der Waals surface area contributed by atoms with Crippen molar-refractivity contribution in [3.8, 4) is 0 Å². The number of quaternary nitrogens is 1. The monoisotopic (exact) mass is 1320 g/mol. The van der Waals surface area contributed by atoms with Crippen molar-refractivity contribution in [2.75, 3.05) is 13.7 Å². The fourth-order valence-electron chi connectivity index (χ4n) is 17.0. The maximum atomic E-state index is 15.6. The third kappa shape index (κ3) is 14.2. The number of hydrogen-bond donors (Lipinski definition) is 8. The number of rotatable bonds is 14. The van der Waals surface area contributed by atoms with E-state index in [1.165, 1.54) is 27.0 Å². The molecule has 8 N–H and O–H groups in total. The number of allylic oxidation sites excluding steroid dienone is 3. The zero-order chi connectivity index (χ0) is 67.5. The number of ketones is 1. The van der Waals surface area contributed by atoms with Gasteiger partial charge in [-0.25, -0.2) is 20.0 Å². The molecule has 30 atom stereocenters. The number of carbonyl (C=O) groups is 4. The molecule has 2 bridgehead atoms. The van der Waals surface area contributed by atoms with Crippen LogP contribution in [0.2, 0.25) is 0 Å². The molecule has 1 saturated carbocycles. The van der Waals surface area contributed by atoms with Crippen molar-refractivity contribution in [3.63, 3.8) is 0 Å². The standard InChI is InChI=1S/C67H100N2O24/c1-30-14-18-47(88-54-28-65(11,69(79)80)60(38(9)86-54)68-64(78)81-13)31(2)23-43-45(73)24-40(29-70)27-67(43)62(76)55(63(77)93-67)61(75)66(12)42(30)16-15-41-56(66)32(3)22-33(4)57(41)92-53-26-49(59(37(8)85-53)87-39(10)71)90-50-21-19-48(35(6)83-50)89-52-25-46(74)58(36(7)84-52)91-51-20-17-44(72)34(5)82-51/h14-16,23-24,32-38,41-54,56-60,69-70,72-75,79H,17-22,25-29H2,1-13H3,(H,68,78)/b30-14+,31-23+,61-55?/t32-,33+,34+,35+,36+,37+,38-,41+,42+,43-,44-,45+,46+,47+,48-,49-,50-,51-,52-,53-,54-,56-,57+,58+,59+,60+,65-,66-,67+/m1/s1. The normalized spacial score (nSPS) is 47.8. The second kappa shape index (κ2) is 28.6. The third-order valence-electron chi connectivity index (χ3n) is 21.9. The fraction of sp³-hybridized carbons (Fsp3) is 0.791. The summed E-state index contributed by atoms with van der Waals surface area (Å²) in [4.78, 5) is 55.6. The van der Waals surface area contributed by atoms with E-state index in [9.17, 15) is 50.3 Å². The molecule has 93 heavy (non-hydrogen) atoms. The van der Waals surface area contributed by atoms with Gasteiger partial charge in [0.05, 0.1) is 93.2 Å². The number of nitrogens with one attached hydrogen (secondary N) is 2. The Morgan fingerprint density at radius 2 is 1.35 bits per heavy atom. The van der Waals surface area contributed by atoms with E-state index in [0.29, 0.717) is 37.7 Å². The summed E-state index contributed by atoms with van der Waals surface area (Å²) in [5.74, 6) is -6.15. The highest BCUT2D eigenvalue weighted by Crippen LogP contribution is 2.61. The zero-order valence-electron chi connectivity index (χ0n) is 55.7. The van der Waals surface area contributed by atoms with Gasteiger partial charge in [-0.1, -0.05) is 56.7 Å². The number of Topliss-reactive ketones (excluding diaryl/α,β-unsaturated/α-hetero) is 1. The first-order chi connectivity index (χ1) is 43.9. The first kappa shape index (κ1) is 71.5. The minimum Gasteiger partial charge on any atom is -0.600 e. The largest absolute Gasteiger partial charge is 0.600 e. The molecule has 1 spiro atoms. The highest BCUT2D eigenvalue weighted by molar-refractivity contribution is 6.26. The second-order valence-corrected chi connectivity index (χ2v) is 28.4. The summed E-state index contributed by atoms with van der Waals surface area (Å²) in [5, 5.41) is 82.4. The van der Waals surface area contributed by atoms with Crippen molar-refractivity contribution in [1.29, 1.82) is 0 Å². The molecule has 6 aliphatic heterocycles. The van der Waals surface area contributed by atoms with Gasteiger partial charge < -0.3 is 97.6 Å². The smallest absolute Gasteiger partial charge is 0.407 e. The lowest BCUT2D eigenvalue weighted by molar-refractivity contribution is -1.09. The van der Waals surface area contributed by atoms with Crippen LogP contribution in [-0.4, -0.2) is 202 Å². The summed E-state index contributed by atoms with van der Waals surface area (Å²) in [6, 6.07) is -1.02. The van der Waals surface area contributed by atoms with E-state index < -0.39 is 210 Å². The van der Waals surface area contributed by atoms with E-state index in [2.05, 4.69) is 25.2 Å². The molecule has 6 saturated heterocycles. The molecule has 0 aromatic carbocycles. The summed E-state index contributed by atoms with van der Waals surface area (Å²) >= 11 is 0. The van der Waals surface area contributed by atoms with Crippen molar-refractivity contribution in [2.45, 2.75) is 281 Å². The molecule has 26 heteroatoms. The molecule has 0 aromatic heterocycles. The third-order valence-corrected chi connectivity index (χ3v) is 21.9. The Morgan fingerprint density at radius 3 is 2.01 bits per heavy atom. The van der Waals surface area contributed by atoms with Crippen molar-refractivity contribution < 1.29 is 117 Å². The van der Waals surface area contributed by atoms with Crippen molar-refractivity contribution in [1.82, 2.24) is 5.32 Å². The maximum Gasteiger partial charge on any atom is 0.407 e. The van der Waals surface area contributed by atoms with E-state index in [-0.39, 0.29) is 49.5 Å². The van der Waals surface area contributed by atoms with Crippen molar-refractivity contribution in [2.24, 2.45) is 40.9 Å². The number of ether oxygens (including phenoxy) is 13. The van der Waals surface area contributed by atoms with Crippen LogP contribution < -0.4 is 10.5 Å². The van der Waals surface area contributed by atoms with E-state index in [1.807, 2.05) is 39.8 Å². The van der Waals surface area contributed by atoms with Gasteiger partial charge in [0, 0.05) is 56.3 Å². The summed E-state index contributed by atoms with van der Waals surface area (Å²) in [6.07, 6.45) is -3.68. The maximum absolute atomic E-state index is 15.6. The molecule has 6 heterocycles. The van der Waals surface area contributed by atoms with Crippen molar-refractivity contribution in [3.05, 3.63) is 63.6 Å². The number of aliphatic hydroxyl groups is 5. The average Bonchev–Trinajstić information content (AvgIpc) is 1.68. The highest BCUT2D eigenvalue weighted by Gasteiger charge is 2.65. The van der Waals surface area contributed by atoms with Crippen LogP contribution in [0.1, 0.15) is 147 Å². The average molecular weight is 1320 g/mol. The van der Waals surface area contributed by atoms with E-state index >= 15 is 4.79 Å². The number of hydrogen-bond acceptors (Lipinski definition) is 24. The lowest BCUT2D eigenvalue weighted by atomic mass is 9.49. The quantitative estimate of drug-likeness (QED) is 0.0386. The molecule has 10 rings (SSSR count). The molecule has 522 valence electrons. The first-order valence-corrected chi connectivity index (χ1v) is 33.3. The van der Waals surface area contributed by atoms with Crippen molar-refractivity contribution >= 4 is 23.8 Å². The Morgan fingerprint density at radius 1 is 0.720 bits per heavy atom. The zero-order valence-corrected chi connectivity index (χ0v) is 55.7. The predicted molar refractivity (Wildman–Crippen MR) is 325 cm³/mol. The lowest BCUT2D eigenvalue weighted by Gasteiger charge is -2.56. The van der Waals surface area contributed by atoms with Crippen LogP contribution in [0.15, 0.2) is 58.4 Å². The minimum absolute atomic E-state index is 0.114. The summed E-state index contributed by atoms with van der Waals surface area (Å²) in [5.41, 5.74) is -4.23. The highest BCUT2D eigenvalue weighted by atomic mass is 16.8. The number of carbonyl (C=O) groups excluding carboxylic acids is 4. The molecule has 7 fully saturated rings. The molecular weight excluding hydrogens is 1220 g/mol. The van der Waals surface area contributed by atoms with Gasteiger partial charge in [-0.2, -0.15) is 0 Å². The number of hydroxylamine groups is 2. The van der Waals surface area contributed by atoms with Gasteiger partial charge in [-0.3, -0.25) is 9.59 Å². The first-order valence-electron chi connectivity index (χ1n) is 33.3. The Kier molecular flexibility index (Phi) is 22.0. The van der Waals surface area contributed by atoms with Crippen LogP contribution in [0.4, 0.5) is 4.79 Å². The lowest BCUT2D eigenvalue weighted by Crippen LogP contribution is -3.17. The molecule has 26 nitrogen and oxygen atoms in total. The number of methoxy groups -OCH3 is 1. The molecule has 4 aliphatic carbocycles. The van der Waals surface area contributed by atoms with Crippen LogP contribution in [0.25, 0.3) is 0 Å². The predicted octanol–water partition coefficient (Wildman–Crippen LogP) is 4.65. The minimum atomic E-state index is -2.12. The fourth-order valence-corrected chi connectivity index (χ4v) is 17.0. The Balaban J connectivity index is 0.903. The topological polar surface area (TPSA) is 349 Å².